The van der Waals surface area contributed by atoms with Crippen LogP contribution in [0.3, 0.4) is 0 Å². The molecule has 3 aromatic heterocycles. The van der Waals surface area contributed by atoms with E-state index in [2.05, 4.69) is 32.6 Å². The zero-order valence-corrected chi connectivity index (χ0v) is 17.0. The second-order valence-electron chi connectivity index (χ2n) is 7.65. The molecule has 1 saturated heterocycles. The number of thiophene rings is 1. The van der Waals surface area contributed by atoms with Gasteiger partial charge in [-0.3, -0.25) is 4.57 Å². The van der Waals surface area contributed by atoms with Crippen LogP contribution in [0.1, 0.15) is 31.1 Å². The minimum absolute atomic E-state index is 0.0107. The summed E-state index contributed by atoms with van der Waals surface area (Å²) < 4.78 is 7.45. The van der Waals surface area contributed by atoms with Crippen LogP contribution in [0.5, 0.6) is 0 Å². The Kier molecular flexibility index (Phi) is 5.08. The van der Waals surface area contributed by atoms with E-state index < -0.39 is 0 Å². The fourth-order valence-electron chi connectivity index (χ4n) is 4.29. The number of fused-ring (bicyclic) bond motifs is 1. The molecule has 6 nitrogen and oxygen atoms in total. The number of aryl methyl sites for hydroxylation is 1. The van der Waals surface area contributed by atoms with Crippen molar-refractivity contribution in [2.24, 2.45) is 0 Å². The van der Waals surface area contributed by atoms with Crippen molar-refractivity contribution in [1.82, 2.24) is 19.6 Å². The lowest BCUT2D eigenvalue weighted by Gasteiger charge is -2.32. The molecule has 1 aliphatic heterocycles. The highest BCUT2D eigenvalue weighted by Gasteiger charge is 2.23. The monoisotopic (exact) mass is 408 g/mol. The fraction of sp³-hybridized carbons (Fsp3) is 0.364. The number of nitrogens with one attached hydrogen (secondary N) is 1. The Morgan fingerprint density at radius 3 is 2.86 bits per heavy atom. The number of likely N-dealkylation sites (tertiary alicyclic amines) is 1. The number of imidazole rings is 1. The van der Waals surface area contributed by atoms with Gasteiger partial charge in [0.2, 0.25) is 0 Å². The minimum atomic E-state index is 0.0107. The van der Waals surface area contributed by atoms with Gasteiger partial charge in [-0.25, -0.2) is 4.79 Å². The van der Waals surface area contributed by atoms with Crippen LogP contribution in [0, 0.1) is 0 Å². The van der Waals surface area contributed by atoms with Crippen LogP contribution in [0.15, 0.2) is 57.2 Å². The molecule has 0 bridgehead atoms. The molecule has 1 aromatic carbocycles. The number of aromatic amines is 1. The summed E-state index contributed by atoms with van der Waals surface area (Å²) in [4.78, 5) is 19.0. The topological polar surface area (TPSA) is 67.1 Å². The largest absolute Gasteiger partial charge is 0.361 e. The number of hydrogen-bond acceptors (Lipinski definition) is 5. The molecule has 0 atom stereocenters. The first kappa shape index (κ1) is 18.4. The summed E-state index contributed by atoms with van der Waals surface area (Å²) >= 11 is 1.68. The third-order valence-electron chi connectivity index (χ3n) is 5.78. The van der Waals surface area contributed by atoms with Crippen molar-refractivity contribution in [2.75, 3.05) is 19.6 Å². The van der Waals surface area contributed by atoms with Crippen molar-refractivity contribution < 1.29 is 4.52 Å². The van der Waals surface area contributed by atoms with Gasteiger partial charge in [-0.05, 0) is 49.4 Å². The maximum atomic E-state index is 12.4. The van der Waals surface area contributed by atoms with Crippen LogP contribution in [0.4, 0.5) is 0 Å². The highest BCUT2D eigenvalue weighted by Crippen LogP contribution is 2.26. The van der Waals surface area contributed by atoms with E-state index in [-0.39, 0.29) is 11.7 Å². The maximum Gasteiger partial charge on any atom is 0.326 e. The average molecular weight is 409 g/mol. The van der Waals surface area contributed by atoms with E-state index in [0.29, 0.717) is 0 Å². The van der Waals surface area contributed by atoms with Crippen molar-refractivity contribution in [3.8, 4) is 10.6 Å². The number of para-hydroxylation sites is 2. The molecule has 29 heavy (non-hydrogen) atoms. The molecule has 0 saturated carbocycles. The van der Waals surface area contributed by atoms with E-state index in [9.17, 15) is 4.79 Å². The molecule has 150 valence electrons. The second-order valence-corrected chi connectivity index (χ2v) is 8.60. The van der Waals surface area contributed by atoms with E-state index in [1.165, 1.54) is 0 Å². The lowest BCUT2D eigenvalue weighted by atomic mass is 10.0. The molecule has 0 spiro atoms. The molecular weight excluding hydrogens is 384 g/mol. The summed E-state index contributed by atoms with van der Waals surface area (Å²) in [6.07, 6.45) is 3.97. The van der Waals surface area contributed by atoms with Crippen molar-refractivity contribution in [3.63, 3.8) is 0 Å². The SMILES string of the molecule is O=c1[nH]c2ccccc2n1C1CCN(CCCc2cc(-c3cccs3)no2)CC1. The number of aromatic nitrogens is 3. The van der Waals surface area contributed by atoms with Crippen molar-refractivity contribution in [1.29, 1.82) is 0 Å². The zero-order valence-electron chi connectivity index (χ0n) is 16.2. The van der Waals surface area contributed by atoms with Gasteiger partial charge in [-0.15, -0.1) is 11.3 Å². The van der Waals surface area contributed by atoms with Gasteiger partial charge in [0.1, 0.15) is 11.5 Å². The molecule has 1 aliphatic rings. The van der Waals surface area contributed by atoms with Crippen LogP contribution in [-0.4, -0.2) is 39.2 Å². The number of hydrogen-bond donors (Lipinski definition) is 1. The number of rotatable bonds is 6. The third-order valence-corrected chi connectivity index (χ3v) is 6.67. The predicted octanol–water partition coefficient (Wildman–Crippen LogP) is 4.32. The fourth-order valence-corrected chi connectivity index (χ4v) is 4.96. The first-order chi connectivity index (χ1) is 14.3. The van der Waals surface area contributed by atoms with Gasteiger partial charge in [0.25, 0.3) is 0 Å². The average Bonchev–Trinajstić information content (AvgIpc) is 3.48. The third kappa shape index (κ3) is 3.80. The van der Waals surface area contributed by atoms with Gasteiger partial charge in [-0.2, -0.15) is 0 Å². The van der Waals surface area contributed by atoms with Gasteiger partial charge in [-0.1, -0.05) is 23.4 Å². The van der Waals surface area contributed by atoms with E-state index in [1.54, 1.807) is 11.3 Å². The van der Waals surface area contributed by atoms with E-state index in [4.69, 9.17) is 4.52 Å². The Morgan fingerprint density at radius 2 is 2.03 bits per heavy atom. The summed E-state index contributed by atoms with van der Waals surface area (Å²) in [6, 6.07) is 14.4. The molecule has 1 N–H and O–H groups in total. The minimum Gasteiger partial charge on any atom is -0.361 e. The smallest absolute Gasteiger partial charge is 0.326 e. The number of nitrogens with zero attached hydrogens (tertiary/aromatic N) is 3. The first-order valence-electron chi connectivity index (χ1n) is 10.2. The van der Waals surface area contributed by atoms with Crippen molar-refractivity contribution >= 4 is 22.4 Å². The van der Waals surface area contributed by atoms with Crippen molar-refractivity contribution in [3.05, 3.63) is 64.1 Å². The number of benzene rings is 1. The maximum absolute atomic E-state index is 12.4. The highest BCUT2D eigenvalue weighted by molar-refractivity contribution is 7.13. The van der Waals surface area contributed by atoms with Gasteiger partial charge in [0.15, 0.2) is 0 Å². The Labute approximate surface area is 172 Å². The lowest BCUT2D eigenvalue weighted by Crippen LogP contribution is -2.37. The van der Waals surface area contributed by atoms with Crippen LogP contribution >= 0.6 is 11.3 Å². The Bertz CT molecular complexity index is 1130. The van der Waals surface area contributed by atoms with Gasteiger partial charge >= 0.3 is 5.69 Å². The molecule has 4 heterocycles. The second kappa shape index (κ2) is 8.00. The lowest BCUT2D eigenvalue weighted by molar-refractivity contribution is 0.184. The van der Waals surface area contributed by atoms with E-state index in [0.717, 1.165) is 72.7 Å². The quantitative estimate of drug-likeness (QED) is 0.516. The molecular formula is C22H24N4O2S. The van der Waals surface area contributed by atoms with Crippen LogP contribution in [-0.2, 0) is 6.42 Å². The molecule has 0 aliphatic carbocycles. The molecule has 4 aromatic rings. The molecule has 0 radical (unpaired) electrons. The van der Waals surface area contributed by atoms with Crippen molar-refractivity contribution in [2.45, 2.75) is 31.7 Å². The van der Waals surface area contributed by atoms with Gasteiger partial charge in [0.05, 0.1) is 15.9 Å². The summed E-state index contributed by atoms with van der Waals surface area (Å²) in [5.74, 6) is 0.952. The molecule has 5 rings (SSSR count). The van der Waals surface area contributed by atoms with Crippen LogP contribution in [0.25, 0.3) is 21.6 Å². The van der Waals surface area contributed by atoms with Gasteiger partial charge < -0.3 is 14.4 Å². The normalized spacial score (nSPS) is 16.0. The summed E-state index contributed by atoms with van der Waals surface area (Å²) in [7, 11) is 0. The standard InChI is InChI=1S/C22H24N4O2S/c27-22-23-18-6-1-2-7-20(18)26(22)16-9-12-25(13-10-16)11-3-5-17-15-19(24-28-17)21-8-4-14-29-21/h1-2,4,6-8,14-16H,3,5,9-13H2,(H,23,27). The summed E-state index contributed by atoms with van der Waals surface area (Å²) in [5.41, 5.74) is 2.88. The predicted molar refractivity (Wildman–Crippen MR) is 115 cm³/mol. The zero-order chi connectivity index (χ0) is 19.6. The van der Waals surface area contributed by atoms with E-state index in [1.807, 2.05) is 34.9 Å². The summed E-state index contributed by atoms with van der Waals surface area (Å²) in [6.45, 7) is 3.09. The molecule has 0 unspecified atom stereocenters. The number of H-pyrrole nitrogens is 1. The molecule has 7 heteroatoms. The van der Waals surface area contributed by atoms with Crippen LogP contribution < -0.4 is 5.69 Å². The first-order valence-corrected chi connectivity index (χ1v) is 11.1. The highest BCUT2D eigenvalue weighted by atomic mass is 32.1. The number of piperidine rings is 1. The Balaban J connectivity index is 1.14. The Morgan fingerprint density at radius 1 is 1.17 bits per heavy atom. The van der Waals surface area contributed by atoms with Gasteiger partial charge in [0, 0.05) is 31.6 Å². The summed E-state index contributed by atoms with van der Waals surface area (Å²) in [5, 5.41) is 6.24. The van der Waals surface area contributed by atoms with E-state index >= 15 is 0 Å². The van der Waals surface area contributed by atoms with Crippen LogP contribution in [0.2, 0.25) is 0 Å². The Hall–Kier alpha value is -2.64. The molecule has 0 amide bonds. The molecule has 1 fully saturated rings.